The first-order valence-electron chi connectivity index (χ1n) is 12.1. The number of fused-ring (bicyclic) bond motifs is 1. The average molecular weight is 535 g/mol. The summed E-state index contributed by atoms with van der Waals surface area (Å²) in [6.07, 6.45) is -2.94. The van der Waals surface area contributed by atoms with E-state index in [1.54, 1.807) is 48.2 Å². The minimum Gasteiger partial charge on any atom is -0.383 e. The zero-order valence-corrected chi connectivity index (χ0v) is 22.4. The molecule has 0 aliphatic rings. The number of aryl methyl sites for hydroxylation is 1. The molecular weight excluding hydrogens is 501 g/mol. The number of methoxy groups -OCH3 is 2. The summed E-state index contributed by atoms with van der Waals surface area (Å²) in [5.74, 6) is -0.163. The first-order chi connectivity index (χ1) is 18.1. The molecule has 38 heavy (non-hydrogen) atoms. The molecule has 0 radical (unpaired) electrons. The monoisotopic (exact) mass is 534 g/mol. The van der Waals surface area contributed by atoms with Gasteiger partial charge in [-0.2, -0.15) is 0 Å². The van der Waals surface area contributed by atoms with E-state index in [0.717, 1.165) is 6.07 Å². The Bertz CT molecular complexity index is 1270. The number of halogens is 3. The Morgan fingerprint density at radius 3 is 2.26 bits per heavy atom. The number of nitrogens with zero attached hydrogens (tertiary/aromatic N) is 5. The zero-order valence-electron chi connectivity index (χ0n) is 22.4. The molecule has 9 nitrogen and oxygen atoms in total. The molecule has 1 atom stereocenters. The van der Waals surface area contributed by atoms with Crippen LogP contribution >= 0.6 is 0 Å². The van der Waals surface area contributed by atoms with Crippen molar-refractivity contribution >= 4 is 28.6 Å². The maximum atomic E-state index is 14.8. The molecule has 0 aliphatic carbocycles. The number of aromatic nitrogens is 3. The number of hydrogen-bond donors (Lipinski definition) is 1. The Labute approximate surface area is 220 Å². The molecule has 0 saturated heterocycles. The third-order valence-corrected chi connectivity index (χ3v) is 5.96. The fourth-order valence-electron chi connectivity index (χ4n) is 3.98. The number of rotatable bonds is 12. The summed E-state index contributed by atoms with van der Waals surface area (Å²) in [7, 11) is 6.45. The SMILES string of the molecule is COCCN(CCOC)c1nc2nc(C)nc(N[C@H](C)c3cccc(C(F)F)c3F)c2cc1C(=O)N(C)C. The molecule has 3 rings (SSSR count). The van der Waals surface area contributed by atoms with Crippen LogP contribution < -0.4 is 10.2 Å². The van der Waals surface area contributed by atoms with Crippen molar-refractivity contribution in [2.75, 3.05) is 64.8 Å². The van der Waals surface area contributed by atoms with E-state index < -0.39 is 23.8 Å². The minimum absolute atomic E-state index is 0.0618. The van der Waals surface area contributed by atoms with Gasteiger partial charge in [-0.1, -0.05) is 18.2 Å². The van der Waals surface area contributed by atoms with Crippen molar-refractivity contribution in [3.63, 3.8) is 0 Å². The highest BCUT2D eigenvalue weighted by molar-refractivity contribution is 6.03. The van der Waals surface area contributed by atoms with Gasteiger partial charge in [0.15, 0.2) is 5.65 Å². The fourth-order valence-corrected chi connectivity index (χ4v) is 3.98. The maximum Gasteiger partial charge on any atom is 0.266 e. The molecule has 0 unspecified atom stereocenters. The number of alkyl halides is 2. The third kappa shape index (κ3) is 6.48. The van der Waals surface area contributed by atoms with E-state index in [0.29, 0.717) is 60.4 Å². The van der Waals surface area contributed by atoms with Crippen LogP contribution in [0, 0.1) is 12.7 Å². The lowest BCUT2D eigenvalue weighted by Crippen LogP contribution is -2.34. The summed E-state index contributed by atoms with van der Waals surface area (Å²) in [4.78, 5) is 30.2. The van der Waals surface area contributed by atoms with Crippen LogP contribution in [0.25, 0.3) is 11.0 Å². The normalized spacial score (nSPS) is 12.2. The molecule has 1 amide bonds. The predicted molar refractivity (Wildman–Crippen MR) is 139 cm³/mol. The summed E-state index contributed by atoms with van der Waals surface area (Å²) in [6, 6.07) is 4.81. The van der Waals surface area contributed by atoms with E-state index in [1.165, 1.54) is 17.0 Å². The Balaban J connectivity index is 2.15. The molecule has 206 valence electrons. The van der Waals surface area contributed by atoms with Crippen LogP contribution in [0.4, 0.5) is 24.8 Å². The molecule has 0 bridgehead atoms. The van der Waals surface area contributed by atoms with Crippen LogP contribution in [-0.4, -0.2) is 80.4 Å². The Morgan fingerprint density at radius 1 is 1.05 bits per heavy atom. The first-order valence-corrected chi connectivity index (χ1v) is 12.1. The Kier molecular flexibility index (Phi) is 9.81. The average Bonchev–Trinajstić information content (AvgIpc) is 2.87. The summed E-state index contributed by atoms with van der Waals surface area (Å²) in [5, 5.41) is 3.54. The number of benzene rings is 1. The van der Waals surface area contributed by atoms with Gasteiger partial charge in [0.05, 0.1) is 35.8 Å². The van der Waals surface area contributed by atoms with Crippen molar-refractivity contribution < 1.29 is 27.4 Å². The van der Waals surface area contributed by atoms with Gasteiger partial charge in [0, 0.05) is 47.0 Å². The Morgan fingerprint density at radius 2 is 1.68 bits per heavy atom. The summed E-state index contributed by atoms with van der Waals surface area (Å²) in [6.45, 7) is 5.03. The largest absolute Gasteiger partial charge is 0.383 e. The number of carbonyl (C=O) groups excluding carboxylic acids is 1. The molecule has 12 heteroatoms. The molecule has 0 spiro atoms. The van der Waals surface area contributed by atoms with Gasteiger partial charge in [-0.25, -0.2) is 28.1 Å². The number of ether oxygens (including phenoxy) is 2. The number of anilines is 2. The lowest BCUT2D eigenvalue weighted by molar-refractivity contribution is 0.0827. The second kappa shape index (κ2) is 12.8. The van der Waals surface area contributed by atoms with Crippen LogP contribution in [0.15, 0.2) is 24.3 Å². The number of pyridine rings is 1. The van der Waals surface area contributed by atoms with E-state index in [9.17, 15) is 18.0 Å². The quantitative estimate of drug-likeness (QED) is 0.366. The molecule has 0 aliphatic heterocycles. The van der Waals surface area contributed by atoms with E-state index in [2.05, 4.69) is 15.3 Å². The molecule has 0 fully saturated rings. The van der Waals surface area contributed by atoms with Gasteiger partial charge in [-0.3, -0.25) is 4.79 Å². The van der Waals surface area contributed by atoms with E-state index in [4.69, 9.17) is 14.5 Å². The highest BCUT2D eigenvalue weighted by Crippen LogP contribution is 2.32. The maximum absolute atomic E-state index is 14.8. The van der Waals surface area contributed by atoms with Crippen molar-refractivity contribution in [1.29, 1.82) is 0 Å². The van der Waals surface area contributed by atoms with Gasteiger partial charge < -0.3 is 24.6 Å². The van der Waals surface area contributed by atoms with Crippen molar-refractivity contribution in [1.82, 2.24) is 19.9 Å². The topological polar surface area (TPSA) is 92.7 Å². The molecule has 0 saturated carbocycles. The Hall–Kier alpha value is -3.51. The highest BCUT2D eigenvalue weighted by Gasteiger charge is 2.24. The van der Waals surface area contributed by atoms with E-state index in [-0.39, 0.29) is 11.5 Å². The summed E-state index contributed by atoms with van der Waals surface area (Å²) < 4.78 is 51.8. The standard InChI is InChI=1S/C26H33F3N6O3/c1-15(17-8-7-9-18(21(17)27)22(28)29)30-23-19-14-20(26(36)34(3)4)25(33-24(19)32-16(2)31-23)35(10-12-37-5)11-13-38-6/h7-9,14-15,22H,10-13H2,1-6H3,(H,30,31,32,33)/t15-/m1/s1. The number of amides is 1. The fraction of sp³-hybridized carbons (Fsp3) is 0.462. The van der Waals surface area contributed by atoms with Crippen molar-refractivity contribution in [2.45, 2.75) is 26.3 Å². The smallest absolute Gasteiger partial charge is 0.266 e. The molecule has 3 aromatic rings. The third-order valence-electron chi connectivity index (χ3n) is 5.96. The number of hydrogen-bond acceptors (Lipinski definition) is 8. The van der Waals surface area contributed by atoms with Gasteiger partial charge in [0.1, 0.15) is 23.3 Å². The lowest BCUT2D eigenvalue weighted by atomic mass is 10.0. The second-order valence-electron chi connectivity index (χ2n) is 8.94. The van der Waals surface area contributed by atoms with Crippen LogP contribution in [0.3, 0.4) is 0 Å². The van der Waals surface area contributed by atoms with Gasteiger partial charge >= 0.3 is 0 Å². The minimum atomic E-state index is -2.94. The van der Waals surface area contributed by atoms with E-state index >= 15 is 0 Å². The van der Waals surface area contributed by atoms with E-state index in [1.807, 2.05) is 4.90 Å². The summed E-state index contributed by atoms with van der Waals surface area (Å²) in [5.41, 5.74) is 0.0202. The molecule has 1 N–H and O–H groups in total. The van der Waals surface area contributed by atoms with Crippen LogP contribution in [0.5, 0.6) is 0 Å². The van der Waals surface area contributed by atoms with Crippen molar-refractivity contribution in [3.05, 3.63) is 52.6 Å². The molecular formula is C26H33F3N6O3. The van der Waals surface area contributed by atoms with Crippen LogP contribution in [-0.2, 0) is 9.47 Å². The first kappa shape index (κ1) is 29.1. The summed E-state index contributed by atoms with van der Waals surface area (Å²) >= 11 is 0. The van der Waals surface area contributed by atoms with Crippen molar-refractivity contribution in [2.24, 2.45) is 0 Å². The molecule has 1 aromatic carbocycles. The van der Waals surface area contributed by atoms with Crippen LogP contribution in [0.1, 0.15) is 46.7 Å². The van der Waals surface area contributed by atoms with Gasteiger partial charge in [0.2, 0.25) is 0 Å². The second-order valence-corrected chi connectivity index (χ2v) is 8.94. The molecule has 2 aromatic heterocycles. The van der Waals surface area contributed by atoms with Gasteiger partial charge in [0.25, 0.3) is 12.3 Å². The van der Waals surface area contributed by atoms with Gasteiger partial charge in [-0.05, 0) is 19.9 Å². The number of carbonyl (C=O) groups is 1. The van der Waals surface area contributed by atoms with Crippen LogP contribution in [0.2, 0.25) is 0 Å². The van der Waals surface area contributed by atoms with Crippen molar-refractivity contribution in [3.8, 4) is 0 Å². The van der Waals surface area contributed by atoms with Gasteiger partial charge in [-0.15, -0.1) is 0 Å². The highest BCUT2D eigenvalue weighted by atomic mass is 19.3. The lowest BCUT2D eigenvalue weighted by Gasteiger charge is -2.26. The molecule has 2 heterocycles. The zero-order chi connectivity index (χ0) is 28.0. The predicted octanol–water partition coefficient (Wildman–Crippen LogP) is 4.38. The number of nitrogens with one attached hydrogen (secondary N) is 1.